The molecular formula is C12H26N2. The molecule has 1 aliphatic heterocycles. The summed E-state index contributed by atoms with van der Waals surface area (Å²) in [5, 5.41) is 0. The Labute approximate surface area is 88.8 Å². The fourth-order valence-corrected chi connectivity index (χ4v) is 2.46. The second kappa shape index (κ2) is 5.72. The van der Waals surface area contributed by atoms with E-state index in [4.69, 9.17) is 5.73 Å². The Kier molecular flexibility index (Phi) is 4.90. The van der Waals surface area contributed by atoms with E-state index in [-0.39, 0.29) is 0 Å². The Bertz CT molecular complexity index is 148. The topological polar surface area (TPSA) is 29.3 Å². The summed E-state index contributed by atoms with van der Waals surface area (Å²) in [5.74, 6) is 1.61. The maximum atomic E-state index is 5.69. The third-order valence-corrected chi connectivity index (χ3v) is 3.42. The Morgan fingerprint density at radius 1 is 1.21 bits per heavy atom. The molecule has 1 heterocycles. The average molecular weight is 198 g/mol. The Morgan fingerprint density at radius 3 is 2.21 bits per heavy atom. The van der Waals surface area contributed by atoms with Gasteiger partial charge in [-0.3, -0.25) is 0 Å². The first-order valence-corrected chi connectivity index (χ1v) is 6.07. The predicted molar refractivity (Wildman–Crippen MR) is 62.3 cm³/mol. The fourth-order valence-electron chi connectivity index (χ4n) is 2.46. The van der Waals surface area contributed by atoms with Gasteiger partial charge in [0.1, 0.15) is 0 Å². The Balaban J connectivity index is 2.26. The molecule has 1 aliphatic rings. The van der Waals surface area contributed by atoms with E-state index in [1.165, 1.54) is 32.4 Å². The van der Waals surface area contributed by atoms with E-state index in [1.807, 2.05) is 0 Å². The lowest BCUT2D eigenvalue weighted by atomic mass is 9.94. The van der Waals surface area contributed by atoms with Gasteiger partial charge >= 0.3 is 0 Å². The molecule has 0 amide bonds. The summed E-state index contributed by atoms with van der Waals surface area (Å²) in [6, 6.07) is 0.758. The lowest BCUT2D eigenvalue weighted by molar-refractivity contribution is 0.130. The molecule has 14 heavy (non-hydrogen) atoms. The molecule has 0 aromatic rings. The number of nitrogens with two attached hydrogens (primary N) is 1. The maximum absolute atomic E-state index is 5.69. The molecule has 0 bridgehead atoms. The predicted octanol–water partition coefficient (Wildman–Crippen LogP) is 2.09. The number of likely N-dealkylation sites (tertiary alicyclic amines) is 1. The second-order valence-electron chi connectivity index (χ2n) is 5.19. The highest BCUT2D eigenvalue weighted by atomic mass is 15.2. The van der Waals surface area contributed by atoms with Gasteiger partial charge in [-0.15, -0.1) is 0 Å². The van der Waals surface area contributed by atoms with Crippen LogP contribution in [-0.4, -0.2) is 30.6 Å². The van der Waals surface area contributed by atoms with E-state index in [2.05, 4.69) is 25.7 Å². The standard InChI is InChI=1S/C12H26N2/c1-10(2)8-11(3)14-6-4-12(9-13)5-7-14/h10-12H,4-9,13H2,1-3H3. The highest BCUT2D eigenvalue weighted by Crippen LogP contribution is 2.20. The van der Waals surface area contributed by atoms with Crippen molar-refractivity contribution < 1.29 is 0 Å². The van der Waals surface area contributed by atoms with E-state index in [1.54, 1.807) is 0 Å². The van der Waals surface area contributed by atoms with Crippen LogP contribution in [0.1, 0.15) is 40.0 Å². The van der Waals surface area contributed by atoms with Crippen LogP contribution in [-0.2, 0) is 0 Å². The van der Waals surface area contributed by atoms with Crippen LogP contribution < -0.4 is 5.73 Å². The first-order valence-electron chi connectivity index (χ1n) is 6.07. The molecule has 1 fully saturated rings. The summed E-state index contributed by atoms with van der Waals surface area (Å²) in [6.45, 7) is 10.4. The van der Waals surface area contributed by atoms with E-state index < -0.39 is 0 Å². The molecule has 0 radical (unpaired) electrons. The first kappa shape index (κ1) is 12.0. The van der Waals surface area contributed by atoms with Gasteiger partial charge in [-0.1, -0.05) is 13.8 Å². The molecule has 0 saturated carbocycles. The summed E-state index contributed by atoms with van der Waals surface area (Å²) in [5.41, 5.74) is 5.69. The first-order chi connectivity index (χ1) is 6.63. The Hall–Kier alpha value is -0.0800. The van der Waals surface area contributed by atoms with Crippen molar-refractivity contribution in [3.8, 4) is 0 Å². The van der Waals surface area contributed by atoms with Gasteiger partial charge < -0.3 is 10.6 Å². The van der Waals surface area contributed by atoms with Gasteiger partial charge in [0, 0.05) is 6.04 Å². The molecule has 1 unspecified atom stereocenters. The van der Waals surface area contributed by atoms with Crippen LogP contribution in [0.4, 0.5) is 0 Å². The molecule has 84 valence electrons. The maximum Gasteiger partial charge on any atom is 0.00693 e. The number of hydrogen-bond donors (Lipinski definition) is 1. The normalized spacial score (nSPS) is 22.9. The second-order valence-corrected chi connectivity index (χ2v) is 5.19. The number of piperidine rings is 1. The van der Waals surface area contributed by atoms with Crippen LogP contribution in [0.3, 0.4) is 0 Å². The van der Waals surface area contributed by atoms with Gasteiger partial charge in [0.05, 0.1) is 0 Å². The molecule has 1 atom stereocenters. The lowest BCUT2D eigenvalue weighted by Gasteiger charge is -2.36. The summed E-state index contributed by atoms with van der Waals surface area (Å²) >= 11 is 0. The molecule has 2 nitrogen and oxygen atoms in total. The summed E-state index contributed by atoms with van der Waals surface area (Å²) in [6.07, 6.45) is 3.94. The molecule has 2 heteroatoms. The van der Waals surface area contributed by atoms with Gasteiger partial charge in [0.2, 0.25) is 0 Å². The van der Waals surface area contributed by atoms with Crippen molar-refractivity contribution in [3.05, 3.63) is 0 Å². The molecule has 1 saturated heterocycles. The number of hydrogen-bond acceptors (Lipinski definition) is 2. The molecule has 0 aromatic carbocycles. The third-order valence-electron chi connectivity index (χ3n) is 3.42. The Morgan fingerprint density at radius 2 is 1.79 bits per heavy atom. The van der Waals surface area contributed by atoms with Crippen LogP contribution in [0, 0.1) is 11.8 Å². The summed E-state index contributed by atoms with van der Waals surface area (Å²) < 4.78 is 0. The van der Waals surface area contributed by atoms with Gasteiger partial charge in [-0.2, -0.15) is 0 Å². The van der Waals surface area contributed by atoms with E-state index in [0.29, 0.717) is 0 Å². The van der Waals surface area contributed by atoms with Crippen LogP contribution in [0.25, 0.3) is 0 Å². The van der Waals surface area contributed by atoms with Crippen molar-refractivity contribution in [1.82, 2.24) is 4.90 Å². The van der Waals surface area contributed by atoms with Gasteiger partial charge in [-0.05, 0) is 57.7 Å². The van der Waals surface area contributed by atoms with Crippen LogP contribution >= 0.6 is 0 Å². The van der Waals surface area contributed by atoms with Crippen molar-refractivity contribution in [2.75, 3.05) is 19.6 Å². The molecule has 0 spiro atoms. The van der Waals surface area contributed by atoms with Gasteiger partial charge in [0.15, 0.2) is 0 Å². The van der Waals surface area contributed by atoms with Gasteiger partial charge in [-0.25, -0.2) is 0 Å². The monoisotopic (exact) mass is 198 g/mol. The van der Waals surface area contributed by atoms with Crippen molar-refractivity contribution in [2.24, 2.45) is 17.6 Å². The zero-order valence-corrected chi connectivity index (χ0v) is 10.00. The lowest BCUT2D eigenvalue weighted by Crippen LogP contribution is -2.41. The van der Waals surface area contributed by atoms with E-state index in [0.717, 1.165) is 24.4 Å². The minimum Gasteiger partial charge on any atom is -0.330 e. The highest BCUT2D eigenvalue weighted by molar-refractivity contribution is 4.77. The van der Waals surface area contributed by atoms with Crippen molar-refractivity contribution in [3.63, 3.8) is 0 Å². The van der Waals surface area contributed by atoms with Crippen LogP contribution in [0.5, 0.6) is 0 Å². The zero-order valence-electron chi connectivity index (χ0n) is 10.00. The van der Waals surface area contributed by atoms with Gasteiger partial charge in [0.25, 0.3) is 0 Å². The molecule has 1 rings (SSSR count). The molecule has 0 aliphatic carbocycles. The van der Waals surface area contributed by atoms with E-state index >= 15 is 0 Å². The smallest absolute Gasteiger partial charge is 0.00693 e. The minimum atomic E-state index is 0.758. The SMILES string of the molecule is CC(C)CC(C)N1CCC(CN)CC1. The average Bonchev–Trinajstić information content (AvgIpc) is 2.17. The van der Waals surface area contributed by atoms with Crippen LogP contribution in [0.2, 0.25) is 0 Å². The zero-order chi connectivity index (χ0) is 10.6. The van der Waals surface area contributed by atoms with Crippen molar-refractivity contribution >= 4 is 0 Å². The van der Waals surface area contributed by atoms with Crippen molar-refractivity contribution in [2.45, 2.75) is 46.1 Å². The largest absolute Gasteiger partial charge is 0.330 e. The number of rotatable bonds is 4. The number of nitrogens with zero attached hydrogens (tertiary/aromatic N) is 1. The summed E-state index contributed by atoms with van der Waals surface area (Å²) in [4.78, 5) is 2.63. The van der Waals surface area contributed by atoms with E-state index in [9.17, 15) is 0 Å². The molecular weight excluding hydrogens is 172 g/mol. The van der Waals surface area contributed by atoms with Crippen molar-refractivity contribution in [1.29, 1.82) is 0 Å². The summed E-state index contributed by atoms with van der Waals surface area (Å²) in [7, 11) is 0. The fraction of sp³-hybridized carbons (Fsp3) is 1.00. The quantitative estimate of drug-likeness (QED) is 0.749. The third kappa shape index (κ3) is 3.58. The molecule has 2 N–H and O–H groups in total. The highest BCUT2D eigenvalue weighted by Gasteiger charge is 2.21. The minimum absolute atomic E-state index is 0.758. The molecule has 0 aromatic heterocycles. The van der Waals surface area contributed by atoms with Crippen LogP contribution in [0.15, 0.2) is 0 Å².